The quantitative estimate of drug-likeness (QED) is 0.433. The molecule has 0 heterocycles. The van der Waals surface area contributed by atoms with E-state index in [0.29, 0.717) is 5.56 Å². The first-order valence-corrected chi connectivity index (χ1v) is 11.1. The third kappa shape index (κ3) is 8.65. The number of rotatable bonds is 10. The molecule has 1 amide bonds. The number of benzene rings is 1. The lowest BCUT2D eigenvalue weighted by Crippen LogP contribution is -2.42. The van der Waals surface area contributed by atoms with Crippen molar-refractivity contribution in [2.75, 3.05) is 21.3 Å². The molecule has 0 radical (unpaired) electrons. The average molecular weight is 443 g/mol. The van der Waals surface area contributed by atoms with Crippen molar-refractivity contribution >= 4 is 25.4 Å². The summed E-state index contributed by atoms with van der Waals surface area (Å²) < 4.78 is 31.9. The van der Waals surface area contributed by atoms with Gasteiger partial charge in [-0.25, -0.2) is 4.79 Å². The standard InChI is InChI=1S/C20H30NO8P/c1-20(2,3)29-17(22)12-11-16(19(24)26-4)21-18(23)15-9-7-14(8-10-15)13-30(25,27-5)28-6/h7-10,16H,11-13H2,1-6H3,(H,21,23)/t16-/m1/s1. The van der Waals surface area contributed by atoms with Crippen molar-refractivity contribution < 1.29 is 37.5 Å². The molecule has 0 saturated carbocycles. The summed E-state index contributed by atoms with van der Waals surface area (Å²) in [5, 5.41) is 2.57. The first-order chi connectivity index (χ1) is 13.9. The molecule has 0 fully saturated rings. The second kappa shape index (κ2) is 11.2. The first kappa shape index (κ1) is 25.8. The lowest BCUT2D eigenvalue weighted by atomic mass is 10.1. The van der Waals surface area contributed by atoms with Crippen LogP contribution in [0.5, 0.6) is 0 Å². The van der Waals surface area contributed by atoms with Crippen molar-refractivity contribution in [1.82, 2.24) is 5.32 Å². The second-order valence-electron chi connectivity index (χ2n) is 7.51. The Hall–Kier alpha value is -2.22. The van der Waals surface area contributed by atoms with E-state index < -0.39 is 37.1 Å². The highest BCUT2D eigenvalue weighted by Gasteiger charge is 2.25. The predicted octanol–water partition coefficient (Wildman–Crippen LogP) is 3.07. The van der Waals surface area contributed by atoms with Crippen LogP contribution in [-0.2, 0) is 38.8 Å². The number of nitrogens with one attached hydrogen (secondary N) is 1. The maximum Gasteiger partial charge on any atom is 0.334 e. The van der Waals surface area contributed by atoms with E-state index in [1.807, 2.05) is 0 Å². The number of amides is 1. The van der Waals surface area contributed by atoms with E-state index in [4.69, 9.17) is 18.5 Å². The second-order valence-corrected chi connectivity index (χ2v) is 9.77. The lowest BCUT2D eigenvalue weighted by molar-refractivity contribution is -0.155. The SMILES string of the molecule is COC(=O)[C@@H](CCC(=O)OC(C)(C)C)NC(=O)c1ccc(CP(=O)(OC)OC)cc1. The van der Waals surface area contributed by atoms with Crippen LogP contribution in [-0.4, -0.2) is 50.8 Å². The van der Waals surface area contributed by atoms with E-state index in [1.54, 1.807) is 32.9 Å². The van der Waals surface area contributed by atoms with Crippen LogP contribution in [0.4, 0.5) is 0 Å². The number of carbonyl (C=O) groups excluding carboxylic acids is 3. The van der Waals surface area contributed by atoms with Crippen molar-refractivity contribution in [3.8, 4) is 0 Å². The summed E-state index contributed by atoms with van der Waals surface area (Å²) in [5.74, 6) is -1.65. The predicted molar refractivity (Wildman–Crippen MR) is 110 cm³/mol. The number of hydrogen-bond acceptors (Lipinski definition) is 8. The third-order valence-corrected chi connectivity index (χ3v) is 5.86. The van der Waals surface area contributed by atoms with Gasteiger partial charge >= 0.3 is 19.5 Å². The molecule has 168 valence electrons. The molecular formula is C20H30NO8P. The normalized spacial score (nSPS) is 12.7. The van der Waals surface area contributed by atoms with Gasteiger partial charge in [-0.2, -0.15) is 0 Å². The summed E-state index contributed by atoms with van der Waals surface area (Å²) in [7, 11) is 0.585. The number of esters is 2. The first-order valence-electron chi connectivity index (χ1n) is 9.33. The van der Waals surface area contributed by atoms with Crippen LogP contribution in [0.25, 0.3) is 0 Å². The molecule has 0 aromatic heterocycles. The zero-order chi connectivity index (χ0) is 22.9. The molecule has 1 aromatic carbocycles. The maximum atomic E-state index is 12.5. The Labute approximate surface area is 176 Å². The van der Waals surface area contributed by atoms with Crippen molar-refractivity contribution in [3.05, 3.63) is 35.4 Å². The Morgan fingerprint density at radius 3 is 2.07 bits per heavy atom. The van der Waals surface area contributed by atoms with Gasteiger partial charge in [-0.05, 0) is 44.9 Å². The topological polar surface area (TPSA) is 117 Å². The van der Waals surface area contributed by atoms with Gasteiger partial charge in [-0.3, -0.25) is 14.2 Å². The Bertz CT molecular complexity index is 777. The van der Waals surface area contributed by atoms with Gasteiger partial charge in [0.05, 0.1) is 13.3 Å². The Morgan fingerprint density at radius 2 is 1.60 bits per heavy atom. The van der Waals surface area contributed by atoms with Crippen molar-refractivity contribution in [3.63, 3.8) is 0 Å². The van der Waals surface area contributed by atoms with Crippen LogP contribution in [0.2, 0.25) is 0 Å². The van der Waals surface area contributed by atoms with E-state index in [-0.39, 0.29) is 24.6 Å². The fraction of sp³-hybridized carbons (Fsp3) is 0.550. The third-order valence-electron chi connectivity index (χ3n) is 4.00. The van der Waals surface area contributed by atoms with Gasteiger partial charge in [-0.1, -0.05) is 12.1 Å². The summed E-state index contributed by atoms with van der Waals surface area (Å²) in [6.07, 6.45) is 0.0401. The molecule has 9 nitrogen and oxygen atoms in total. The minimum atomic E-state index is -3.22. The number of carbonyl (C=O) groups is 3. The number of methoxy groups -OCH3 is 1. The van der Waals surface area contributed by atoms with Crippen LogP contribution in [0, 0.1) is 0 Å². The highest BCUT2D eigenvalue weighted by molar-refractivity contribution is 7.52. The van der Waals surface area contributed by atoms with Gasteiger partial charge in [0.15, 0.2) is 0 Å². The average Bonchev–Trinajstić information content (AvgIpc) is 2.69. The van der Waals surface area contributed by atoms with Gasteiger partial charge in [-0.15, -0.1) is 0 Å². The van der Waals surface area contributed by atoms with Gasteiger partial charge in [0, 0.05) is 26.2 Å². The summed E-state index contributed by atoms with van der Waals surface area (Å²) in [4.78, 5) is 36.4. The van der Waals surface area contributed by atoms with Crippen LogP contribution in [0.3, 0.4) is 0 Å². The van der Waals surface area contributed by atoms with Crippen LogP contribution in [0.15, 0.2) is 24.3 Å². The smallest absolute Gasteiger partial charge is 0.334 e. The van der Waals surface area contributed by atoms with Gasteiger partial charge in [0.1, 0.15) is 11.6 Å². The summed E-state index contributed by atoms with van der Waals surface area (Å²) in [6.45, 7) is 5.23. The fourth-order valence-corrected chi connectivity index (χ4v) is 3.54. The summed E-state index contributed by atoms with van der Waals surface area (Å²) in [6, 6.07) is 5.29. The molecular weight excluding hydrogens is 413 g/mol. The molecule has 0 spiro atoms. The Kier molecular flexibility index (Phi) is 9.68. The van der Waals surface area contributed by atoms with Crippen molar-refractivity contribution in [2.45, 2.75) is 51.4 Å². The molecule has 0 aliphatic heterocycles. The Morgan fingerprint density at radius 1 is 1.03 bits per heavy atom. The largest absolute Gasteiger partial charge is 0.467 e. The molecule has 0 bridgehead atoms. The molecule has 0 aliphatic carbocycles. The van der Waals surface area contributed by atoms with Gasteiger partial charge < -0.3 is 23.8 Å². The summed E-state index contributed by atoms with van der Waals surface area (Å²) >= 11 is 0. The van der Waals surface area contributed by atoms with E-state index in [1.165, 1.54) is 33.5 Å². The van der Waals surface area contributed by atoms with E-state index >= 15 is 0 Å². The minimum Gasteiger partial charge on any atom is -0.467 e. The molecule has 1 atom stereocenters. The van der Waals surface area contributed by atoms with E-state index in [2.05, 4.69) is 5.32 Å². The van der Waals surface area contributed by atoms with Crippen LogP contribution >= 0.6 is 7.60 Å². The zero-order valence-electron chi connectivity index (χ0n) is 18.2. The lowest BCUT2D eigenvalue weighted by Gasteiger charge is -2.21. The minimum absolute atomic E-state index is 0.0380. The molecule has 1 rings (SSSR count). The summed E-state index contributed by atoms with van der Waals surface area (Å²) in [5.41, 5.74) is 0.306. The van der Waals surface area contributed by atoms with Crippen molar-refractivity contribution in [1.29, 1.82) is 0 Å². The van der Waals surface area contributed by atoms with Gasteiger partial charge in [0.25, 0.3) is 5.91 Å². The highest BCUT2D eigenvalue weighted by Crippen LogP contribution is 2.49. The van der Waals surface area contributed by atoms with Gasteiger partial charge in [0.2, 0.25) is 0 Å². The van der Waals surface area contributed by atoms with Crippen molar-refractivity contribution in [2.24, 2.45) is 0 Å². The molecule has 0 saturated heterocycles. The molecule has 0 aliphatic rings. The zero-order valence-corrected chi connectivity index (χ0v) is 19.1. The maximum absolute atomic E-state index is 12.5. The molecule has 1 aromatic rings. The van der Waals surface area contributed by atoms with Crippen LogP contribution < -0.4 is 5.32 Å². The molecule has 30 heavy (non-hydrogen) atoms. The van der Waals surface area contributed by atoms with E-state index in [0.717, 1.165) is 0 Å². The fourth-order valence-electron chi connectivity index (χ4n) is 2.48. The highest BCUT2D eigenvalue weighted by atomic mass is 31.2. The Balaban J connectivity index is 2.78. The number of hydrogen-bond donors (Lipinski definition) is 1. The number of ether oxygens (including phenoxy) is 2. The van der Waals surface area contributed by atoms with Crippen LogP contribution in [0.1, 0.15) is 49.5 Å². The monoisotopic (exact) mass is 443 g/mol. The molecule has 1 N–H and O–H groups in total. The molecule has 0 unspecified atom stereocenters. The molecule has 10 heteroatoms. The van der Waals surface area contributed by atoms with E-state index in [9.17, 15) is 18.9 Å².